The molecule has 1 heterocycles. The van der Waals surface area contributed by atoms with Gasteiger partial charge >= 0.3 is 5.97 Å². The van der Waals surface area contributed by atoms with Gasteiger partial charge in [0.15, 0.2) is 0 Å². The average molecular weight is 186 g/mol. The smallest absolute Gasteiger partial charge is 0.306 e. The zero-order chi connectivity index (χ0) is 9.14. The molecule has 1 rings (SSSR count). The van der Waals surface area contributed by atoms with Gasteiger partial charge in [0.25, 0.3) is 0 Å². The van der Waals surface area contributed by atoms with Crippen molar-refractivity contribution in [3.05, 3.63) is 21.9 Å². The van der Waals surface area contributed by atoms with Crippen LogP contribution in [0.25, 0.3) is 0 Å². The molecule has 1 aromatic heterocycles. The van der Waals surface area contributed by atoms with Gasteiger partial charge in [-0.15, -0.1) is 11.3 Å². The quantitative estimate of drug-likeness (QED) is 0.753. The van der Waals surface area contributed by atoms with Gasteiger partial charge in [0, 0.05) is 9.75 Å². The molecule has 0 unspecified atom stereocenters. The number of carbonyl (C=O) groups is 1. The van der Waals surface area contributed by atoms with Crippen molar-refractivity contribution in [3.8, 4) is 0 Å². The van der Waals surface area contributed by atoms with E-state index >= 15 is 0 Å². The summed E-state index contributed by atoms with van der Waals surface area (Å²) in [6.45, 7) is 1.92. The number of hydrogen-bond donors (Lipinski definition) is 2. The maximum Gasteiger partial charge on any atom is 0.306 e. The van der Waals surface area contributed by atoms with Crippen LogP contribution in [-0.4, -0.2) is 16.2 Å². The number of carboxylic acids is 1. The van der Waals surface area contributed by atoms with E-state index in [1.807, 2.05) is 13.0 Å². The van der Waals surface area contributed by atoms with Gasteiger partial charge in [-0.05, 0) is 19.1 Å². The minimum absolute atomic E-state index is 0.222. The van der Waals surface area contributed by atoms with Crippen LogP contribution in [0.15, 0.2) is 12.1 Å². The van der Waals surface area contributed by atoms with Crippen LogP contribution in [0.5, 0.6) is 0 Å². The monoisotopic (exact) mass is 186 g/mol. The highest BCUT2D eigenvalue weighted by molar-refractivity contribution is 7.12. The molecule has 0 saturated carbocycles. The summed E-state index contributed by atoms with van der Waals surface area (Å²) in [4.78, 5) is 12.0. The molecule has 0 aliphatic carbocycles. The molecule has 0 fully saturated rings. The lowest BCUT2D eigenvalue weighted by atomic mass is 10.2. The van der Waals surface area contributed by atoms with E-state index < -0.39 is 12.1 Å². The van der Waals surface area contributed by atoms with Crippen LogP contribution in [0.1, 0.15) is 22.3 Å². The molecule has 0 spiro atoms. The zero-order valence-corrected chi connectivity index (χ0v) is 7.47. The number of aliphatic hydroxyl groups is 1. The summed E-state index contributed by atoms with van der Waals surface area (Å²) >= 11 is 1.42. The lowest BCUT2D eigenvalue weighted by Crippen LogP contribution is -2.03. The molecule has 0 bridgehead atoms. The van der Waals surface area contributed by atoms with Gasteiger partial charge in [0.05, 0.1) is 12.5 Å². The topological polar surface area (TPSA) is 57.5 Å². The summed E-state index contributed by atoms with van der Waals surface area (Å²) < 4.78 is 0. The number of hydrogen-bond acceptors (Lipinski definition) is 3. The minimum Gasteiger partial charge on any atom is -0.481 e. The van der Waals surface area contributed by atoms with Gasteiger partial charge in [-0.2, -0.15) is 0 Å². The molecule has 3 nitrogen and oxygen atoms in total. The summed E-state index contributed by atoms with van der Waals surface area (Å²) in [7, 11) is 0. The first-order chi connectivity index (χ1) is 5.59. The summed E-state index contributed by atoms with van der Waals surface area (Å²) in [6.07, 6.45) is -1.08. The van der Waals surface area contributed by atoms with Crippen LogP contribution >= 0.6 is 11.3 Å². The number of thiophene rings is 1. The lowest BCUT2D eigenvalue weighted by Gasteiger charge is -2.03. The number of aliphatic hydroxyl groups excluding tert-OH is 1. The van der Waals surface area contributed by atoms with Crippen LogP contribution < -0.4 is 0 Å². The summed E-state index contributed by atoms with van der Waals surface area (Å²) in [6, 6.07) is 3.62. The second kappa shape index (κ2) is 3.69. The predicted molar refractivity (Wildman–Crippen MR) is 46.3 cm³/mol. The van der Waals surface area contributed by atoms with Crippen LogP contribution in [0.3, 0.4) is 0 Å². The molecule has 66 valence electrons. The fourth-order valence-electron chi connectivity index (χ4n) is 0.899. The van der Waals surface area contributed by atoms with Crippen molar-refractivity contribution in [1.82, 2.24) is 0 Å². The second-order valence-corrected chi connectivity index (χ2v) is 3.88. The van der Waals surface area contributed by atoms with Gasteiger partial charge in [0.1, 0.15) is 0 Å². The highest BCUT2D eigenvalue weighted by atomic mass is 32.1. The number of carboxylic acid groups (broad SMARTS) is 1. The van der Waals surface area contributed by atoms with Crippen molar-refractivity contribution in [2.45, 2.75) is 19.4 Å². The molecule has 0 aromatic carbocycles. The Balaban J connectivity index is 2.64. The van der Waals surface area contributed by atoms with E-state index in [0.717, 1.165) is 9.75 Å². The van der Waals surface area contributed by atoms with E-state index in [4.69, 9.17) is 5.11 Å². The summed E-state index contributed by atoms with van der Waals surface area (Å²) in [5.41, 5.74) is 0. The van der Waals surface area contributed by atoms with Gasteiger partial charge in [-0.1, -0.05) is 0 Å². The van der Waals surface area contributed by atoms with Gasteiger partial charge in [0.2, 0.25) is 0 Å². The fourth-order valence-corrected chi connectivity index (χ4v) is 1.76. The molecule has 0 aliphatic rings. The minimum atomic E-state index is -0.978. The highest BCUT2D eigenvalue weighted by Crippen LogP contribution is 2.24. The van der Waals surface area contributed by atoms with Crippen molar-refractivity contribution >= 4 is 17.3 Å². The molecular weight excluding hydrogens is 176 g/mol. The third-order valence-electron chi connectivity index (χ3n) is 1.46. The Bertz CT molecular complexity index is 280. The van der Waals surface area contributed by atoms with Crippen molar-refractivity contribution in [1.29, 1.82) is 0 Å². The molecule has 1 atom stereocenters. The number of rotatable bonds is 3. The molecule has 4 heteroatoms. The summed E-state index contributed by atoms with van der Waals surface area (Å²) in [5, 5.41) is 17.7. The van der Waals surface area contributed by atoms with Crippen molar-refractivity contribution in [2.75, 3.05) is 0 Å². The van der Waals surface area contributed by atoms with E-state index in [2.05, 4.69) is 0 Å². The van der Waals surface area contributed by atoms with Crippen molar-refractivity contribution in [2.24, 2.45) is 0 Å². The van der Waals surface area contributed by atoms with Crippen LogP contribution in [0.4, 0.5) is 0 Å². The van der Waals surface area contributed by atoms with Gasteiger partial charge in [-0.25, -0.2) is 0 Å². The van der Waals surface area contributed by atoms with E-state index in [9.17, 15) is 9.90 Å². The zero-order valence-electron chi connectivity index (χ0n) is 6.65. The third kappa shape index (κ3) is 2.32. The predicted octanol–water partition coefficient (Wildman–Crippen LogP) is 1.56. The van der Waals surface area contributed by atoms with Crippen molar-refractivity contribution in [3.63, 3.8) is 0 Å². The Morgan fingerprint density at radius 1 is 1.67 bits per heavy atom. The van der Waals surface area contributed by atoms with Crippen molar-refractivity contribution < 1.29 is 15.0 Å². The molecule has 1 aromatic rings. The van der Waals surface area contributed by atoms with E-state index in [1.165, 1.54) is 11.3 Å². The Hall–Kier alpha value is -0.870. The Kier molecular flexibility index (Phi) is 2.83. The maximum atomic E-state index is 10.2. The maximum absolute atomic E-state index is 10.2. The molecule has 0 amide bonds. The Morgan fingerprint density at radius 3 is 2.75 bits per heavy atom. The number of aliphatic carboxylic acids is 1. The first-order valence-electron chi connectivity index (χ1n) is 3.56. The largest absolute Gasteiger partial charge is 0.481 e. The average Bonchev–Trinajstić information content (AvgIpc) is 2.34. The van der Waals surface area contributed by atoms with Gasteiger partial charge < -0.3 is 10.2 Å². The highest BCUT2D eigenvalue weighted by Gasteiger charge is 2.13. The fraction of sp³-hybridized carbons (Fsp3) is 0.375. The number of aryl methyl sites for hydroxylation is 1. The Labute approximate surface area is 74.3 Å². The molecule has 2 N–H and O–H groups in total. The van der Waals surface area contributed by atoms with E-state index in [-0.39, 0.29) is 6.42 Å². The van der Waals surface area contributed by atoms with E-state index in [0.29, 0.717) is 0 Å². The molecular formula is C8H10O3S. The van der Waals surface area contributed by atoms with Crippen LogP contribution in [0.2, 0.25) is 0 Å². The molecule has 0 radical (unpaired) electrons. The second-order valence-electron chi connectivity index (χ2n) is 2.56. The summed E-state index contributed by atoms with van der Waals surface area (Å²) in [5.74, 6) is -0.978. The first-order valence-corrected chi connectivity index (χ1v) is 4.37. The third-order valence-corrected chi connectivity index (χ3v) is 2.56. The van der Waals surface area contributed by atoms with Crippen LogP contribution in [-0.2, 0) is 4.79 Å². The van der Waals surface area contributed by atoms with E-state index in [1.54, 1.807) is 6.07 Å². The molecule has 0 saturated heterocycles. The normalized spacial score (nSPS) is 12.8. The Morgan fingerprint density at radius 2 is 2.33 bits per heavy atom. The lowest BCUT2D eigenvalue weighted by molar-refractivity contribution is -0.139. The molecule has 0 aliphatic heterocycles. The van der Waals surface area contributed by atoms with Crippen LogP contribution in [0, 0.1) is 6.92 Å². The molecule has 12 heavy (non-hydrogen) atoms. The first kappa shape index (κ1) is 9.22. The van der Waals surface area contributed by atoms with Gasteiger partial charge in [-0.3, -0.25) is 4.79 Å². The standard InChI is InChI=1S/C8H10O3S/c1-5-2-3-7(12-5)6(9)4-8(10)11/h2-3,6,9H,4H2,1H3,(H,10,11)/t6-/m1/s1. The SMILES string of the molecule is Cc1ccc([C@H](O)CC(=O)O)s1.